The SMILES string of the molecule is C#CC1(COP(=O)(O)OP(=O)(O)OP(=O)(O)O)OC(n2cc(F)c(=O)[nH]c2=S)C(O)C1O. The second-order valence-electron chi connectivity index (χ2n) is 5.99. The molecule has 1 aliphatic rings. The van der Waals surface area contributed by atoms with Gasteiger partial charge in [0, 0.05) is 0 Å². The van der Waals surface area contributed by atoms with Crippen molar-refractivity contribution in [3.63, 3.8) is 0 Å². The number of aliphatic hydroxyl groups is 2. The number of nitrogens with one attached hydrogen (secondary N) is 1. The van der Waals surface area contributed by atoms with E-state index in [0.717, 1.165) is 0 Å². The number of nitrogens with zero attached hydrogens (tertiary/aromatic N) is 1. The van der Waals surface area contributed by atoms with Gasteiger partial charge >= 0.3 is 23.5 Å². The van der Waals surface area contributed by atoms with Gasteiger partial charge in [0.25, 0.3) is 5.56 Å². The quantitative estimate of drug-likeness (QED) is 0.118. The molecule has 1 aromatic heterocycles. The van der Waals surface area contributed by atoms with Crippen molar-refractivity contribution in [2.45, 2.75) is 24.0 Å². The van der Waals surface area contributed by atoms with Crippen LogP contribution in [0.15, 0.2) is 11.0 Å². The van der Waals surface area contributed by atoms with E-state index in [9.17, 15) is 38.0 Å². The number of phosphoric ester groups is 1. The Morgan fingerprint density at radius 3 is 2.38 bits per heavy atom. The third-order valence-electron chi connectivity index (χ3n) is 3.73. The topological polar surface area (TPSA) is 247 Å². The Bertz CT molecular complexity index is 1190. The Kier molecular flexibility index (Phi) is 7.85. The summed E-state index contributed by atoms with van der Waals surface area (Å²) in [7, 11) is -17.1. The normalized spacial score (nSPS) is 29.8. The highest BCUT2D eigenvalue weighted by atomic mass is 32.1. The molecule has 180 valence electrons. The van der Waals surface area contributed by atoms with Crippen molar-refractivity contribution < 1.29 is 65.8 Å². The largest absolute Gasteiger partial charge is 0.490 e. The standard InChI is InChI=1S/C11H14FN2O14P3S/c1-2-11(4-25-30(21,22)28-31(23,24)27-29(18,19)20)7(16)6(15)9(26-11)14-3-5(12)8(17)13-10(14)32/h1,3,6-7,9,15-16H,4H2,(H,21,22)(H,23,24)(H,13,17,32)(H2,18,19,20). The summed E-state index contributed by atoms with van der Waals surface area (Å²) in [4.78, 5) is 48.8. The first kappa shape index (κ1) is 27.1. The molecule has 2 rings (SSSR count). The predicted octanol–water partition coefficient (Wildman–Crippen LogP) is -0.989. The van der Waals surface area contributed by atoms with Crippen LogP contribution >= 0.6 is 35.7 Å². The maximum Gasteiger partial charge on any atom is 0.490 e. The van der Waals surface area contributed by atoms with E-state index in [0.29, 0.717) is 10.8 Å². The monoisotopic (exact) mass is 542 g/mol. The van der Waals surface area contributed by atoms with Gasteiger partial charge in [-0.15, -0.1) is 6.42 Å². The molecule has 0 spiro atoms. The molecule has 7 N–H and O–H groups in total. The van der Waals surface area contributed by atoms with Gasteiger partial charge < -0.3 is 34.5 Å². The van der Waals surface area contributed by atoms with Crippen molar-refractivity contribution in [3.05, 3.63) is 27.1 Å². The van der Waals surface area contributed by atoms with Crippen molar-refractivity contribution in [3.8, 4) is 12.3 Å². The fraction of sp³-hybridized carbons (Fsp3) is 0.455. The number of phosphoric acid groups is 3. The van der Waals surface area contributed by atoms with Crippen molar-refractivity contribution in [1.29, 1.82) is 0 Å². The third-order valence-corrected chi connectivity index (χ3v) is 7.82. The average molecular weight is 542 g/mol. The van der Waals surface area contributed by atoms with Gasteiger partial charge in [-0.2, -0.15) is 13.0 Å². The van der Waals surface area contributed by atoms with Gasteiger partial charge in [-0.1, -0.05) is 5.92 Å². The first-order chi connectivity index (χ1) is 14.4. The molecule has 2 heterocycles. The number of hydrogen-bond acceptors (Lipinski definition) is 11. The van der Waals surface area contributed by atoms with E-state index in [1.807, 2.05) is 10.9 Å². The van der Waals surface area contributed by atoms with Gasteiger partial charge in [0.15, 0.2) is 16.6 Å². The lowest BCUT2D eigenvalue weighted by Gasteiger charge is -2.27. The van der Waals surface area contributed by atoms with Crippen LogP contribution in [0.5, 0.6) is 0 Å². The van der Waals surface area contributed by atoms with Gasteiger partial charge in [-0.25, -0.2) is 13.7 Å². The number of aromatic nitrogens is 2. The highest BCUT2D eigenvalue weighted by Crippen LogP contribution is 2.66. The van der Waals surface area contributed by atoms with Crippen LogP contribution in [0, 0.1) is 22.9 Å². The van der Waals surface area contributed by atoms with E-state index in [1.165, 1.54) is 0 Å². The van der Waals surface area contributed by atoms with Crippen LogP contribution in [0.3, 0.4) is 0 Å². The van der Waals surface area contributed by atoms with Crippen LogP contribution in [0.2, 0.25) is 0 Å². The summed E-state index contributed by atoms with van der Waals surface area (Å²) in [6, 6.07) is 0. The van der Waals surface area contributed by atoms with E-state index >= 15 is 0 Å². The summed E-state index contributed by atoms with van der Waals surface area (Å²) >= 11 is 4.81. The molecule has 0 saturated carbocycles. The molecular formula is C11H14FN2O14P3S. The molecule has 0 bridgehead atoms. The number of rotatable bonds is 8. The Morgan fingerprint density at radius 1 is 1.25 bits per heavy atom. The first-order valence-corrected chi connectivity index (χ1v) is 12.7. The molecule has 16 nitrogen and oxygen atoms in total. The molecule has 1 aliphatic heterocycles. The minimum atomic E-state index is -5.83. The average Bonchev–Trinajstić information content (AvgIpc) is 2.85. The second kappa shape index (κ2) is 9.26. The molecule has 0 amide bonds. The van der Waals surface area contributed by atoms with Crippen molar-refractivity contribution in [2.75, 3.05) is 6.61 Å². The van der Waals surface area contributed by atoms with E-state index < -0.39 is 70.3 Å². The summed E-state index contributed by atoms with van der Waals surface area (Å²) in [5, 5.41) is 20.5. The smallest absolute Gasteiger partial charge is 0.386 e. The zero-order valence-corrected chi connectivity index (χ0v) is 18.6. The molecule has 1 saturated heterocycles. The Hall–Kier alpha value is -1.12. The number of H-pyrrole nitrogens is 1. The van der Waals surface area contributed by atoms with Gasteiger partial charge in [0.2, 0.25) is 5.82 Å². The first-order valence-electron chi connectivity index (χ1n) is 7.73. The molecule has 1 aromatic rings. The summed E-state index contributed by atoms with van der Waals surface area (Å²) in [5.74, 6) is 0.480. The van der Waals surface area contributed by atoms with Crippen LogP contribution in [-0.4, -0.2) is 63.8 Å². The fourth-order valence-electron chi connectivity index (χ4n) is 2.42. The molecular weight excluding hydrogens is 528 g/mol. The summed E-state index contributed by atoms with van der Waals surface area (Å²) in [6.07, 6.45) is -0.0259. The van der Waals surface area contributed by atoms with Gasteiger partial charge in [0.1, 0.15) is 18.8 Å². The lowest BCUT2D eigenvalue weighted by atomic mass is 9.97. The summed E-state index contributed by atoms with van der Waals surface area (Å²) in [5.41, 5.74) is -3.66. The van der Waals surface area contributed by atoms with E-state index in [1.54, 1.807) is 0 Å². The number of aliphatic hydroxyl groups excluding tert-OH is 2. The van der Waals surface area contributed by atoms with Crippen molar-refractivity contribution >= 4 is 35.7 Å². The maximum atomic E-state index is 13.6. The lowest BCUT2D eigenvalue weighted by Crippen LogP contribution is -2.45. The fourth-order valence-corrected chi connectivity index (χ4v) is 5.72. The summed E-state index contributed by atoms with van der Waals surface area (Å²) in [6.45, 7) is -1.32. The zero-order chi connectivity index (χ0) is 24.7. The minimum absolute atomic E-state index is 0.464. The molecule has 6 atom stereocenters. The van der Waals surface area contributed by atoms with Gasteiger partial charge in [-0.3, -0.25) is 18.9 Å². The van der Waals surface area contributed by atoms with E-state index in [-0.39, 0.29) is 0 Å². The predicted molar refractivity (Wildman–Crippen MR) is 99.4 cm³/mol. The Labute approximate surface area is 181 Å². The number of halogens is 1. The van der Waals surface area contributed by atoms with Crippen LogP contribution in [0.25, 0.3) is 0 Å². The Balaban J connectivity index is 2.26. The molecule has 1 fully saturated rings. The summed E-state index contributed by atoms with van der Waals surface area (Å²) < 4.78 is 64.3. The molecule has 0 aliphatic carbocycles. The van der Waals surface area contributed by atoms with Crippen LogP contribution in [-0.2, 0) is 31.6 Å². The zero-order valence-electron chi connectivity index (χ0n) is 15.1. The van der Waals surface area contributed by atoms with Crippen molar-refractivity contribution in [2.24, 2.45) is 0 Å². The molecule has 0 radical (unpaired) electrons. The molecule has 32 heavy (non-hydrogen) atoms. The number of hydrogen-bond donors (Lipinski definition) is 7. The van der Waals surface area contributed by atoms with Crippen LogP contribution in [0.4, 0.5) is 4.39 Å². The number of ether oxygens (including phenoxy) is 1. The third kappa shape index (κ3) is 6.26. The molecule has 6 unspecified atom stereocenters. The lowest BCUT2D eigenvalue weighted by molar-refractivity contribution is -0.0917. The molecule has 0 aromatic carbocycles. The second-order valence-corrected chi connectivity index (χ2v) is 10.8. The van der Waals surface area contributed by atoms with Gasteiger partial charge in [-0.05, 0) is 12.2 Å². The number of aromatic amines is 1. The molecule has 21 heteroatoms. The maximum absolute atomic E-state index is 13.6. The van der Waals surface area contributed by atoms with Crippen LogP contribution in [0.1, 0.15) is 6.23 Å². The van der Waals surface area contributed by atoms with E-state index in [4.69, 9.17) is 38.1 Å². The van der Waals surface area contributed by atoms with E-state index in [2.05, 4.69) is 13.1 Å². The van der Waals surface area contributed by atoms with Crippen LogP contribution < -0.4 is 5.56 Å². The van der Waals surface area contributed by atoms with Crippen molar-refractivity contribution in [1.82, 2.24) is 9.55 Å². The van der Waals surface area contributed by atoms with Gasteiger partial charge in [0.05, 0.1) is 6.20 Å². The highest BCUT2D eigenvalue weighted by Gasteiger charge is 2.56. The Morgan fingerprint density at radius 2 is 1.84 bits per heavy atom. The minimum Gasteiger partial charge on any atom is -0.386 e. The number of terminal acetylenes is 1. The highest BCUT2D eigenvalue weighted by molar-refractivity contribution is 7.71.